The van der Waals surface area contributed by atoms with E-state index in [0.717, 1.165) is 0 Å². The van der Waals surface area contributed by atoms with Crippen molar-refractivity contribution in [2.75, 3.05) is 0 Å². The maximum atomic E-state index is 10.4. The van der Waals surface area contributed by atoms with Gasteiger partial charge in [-0.2, -0.15) is 0 Å². The summed E-state index contributed by atoms with van der Waals surface area (Å²) in [6, 6.07) is 0. The molecule has 0 amide bonds. The lowest BCUT2D eigenvalue weighted by atomic mass is 9.66. The molecular weight excluding hydrogens is 248 g/mol. The number of hydrogen-bond donors (Lipinski definition) is 6. The van der Waals surface area contributed by atoms with E-state index in [1.807, 2.05) is 0 Å². The highest BCUT2D eigenvalue weighted by Crippen LogP contribution is 2.39. The summed E-state index contributed by atoms with van der Waals surface area (Å²) < 4.78 is 0. The van der Waals surface area contributed by atoms with Crippen molar-refractivity contribution in [3.8, 4) is 0 Å². The molecule has 1 fully saturated rings. The average molecular weight is 264 g/mol. The van der Waals surface area contributed by atoms with Crippen LogP contribution in [-0.4, -0.2) is 78.8 Å². The van der Waals surface area contributed by atoms with E-state index in [1.165, 1.54) is 0 Å². The first kappa shape index (κ1) is 15.2. The fraction of sp³-hybridized carbons (Fsp3) is 0.800. The molecule has 0 bridgehead atoms. The summed E-state index contributed by atoms with van der Waals surface area (Å²) in [6.07, 6.45) is -9.48. The predicted molar refractivity (Wildman–Crippen MR) is 55.3 cm³/mol. The first-order valence-corrected chi connectivity index (χ1v) is 5.30. The van der Waals surface area contributed by atoms with Crippen molar-refractivity contribution in [1.29, 1.82) is 0 Å². The molecule has 6 N–H and O–H groups in total. The summed E-state index contributed by atoms with van der Waals surface area (Å²) in [6.45, 7) is 0. The third kappa shape index (κ3) is 1.96. The second-order valence-corrected chi connectivity index (χ2v) is 4.50. The zero-order chi connectivity index (χ0) is 14.1. The lowest BCUT2D eigenvalue weighted by Crippen LogP contribution is -2.76. The number of rotatable bonds is 4. The van der Waals surface area contributed by atoms with Gasteiger partial charge >= 0.3 is 0 Å². The van der Waals surface area contributed by atoms with E-state index >= 15 is 0 Å². The van der Waals surface area contributed by atoms with Crippen LogP contribution >= 0.6 is 0 Å². The van der Waals surface area contributed by atoms with Crippen molar-refractivity contribution >= 4 is 12.6 Å². The second kappa shape index (κ2) is 5.00. The summed E-state index contributed by atoms with van der Waals surface area (Å²) >= 11 is 0. The van der Waals surface area contributed by atoms with Gasteiger partial charge < -0.3 is 40.2 Å². The van der Waals surface area contributed by atoms with Crippen molar-refractivity contribution in [3.05, 3.63) is 0 Å². The summed E-state index contributed by atoms with van der Waals surface area (Å²) in [5, 5.41) is 58.5. The van der Waals surface area contributed by atoms with Crippen LogP contribution in [-0.2, 0) is 9.59 Å². The van der Waals surface area contributed by atoms with Gasteiger partial charge in [0.1, 0.15) is 48.2 Å². The van der Waals surface area contributed by atoms with E-state index < -0.39 is 48.5 Å². The van der Waals surface area contributed by atoms with Crippen LogP contribution in [0.5, 0.6) is 0 Å². The van der Waals surface area contributed by atoms with Gasteiger partial charge in [-0.15, -0.1) is 0 Å². The lowest BCUT2D eigenvalue weighted by Gasteiger charge is -2.52. The molecule has 0 spiro atoms. The van der Waals surface area contributed by atoms with Gasteiger partial charge in [0, 0.05) is 12.8 Å². The minimum Gasteiger partial charge on any atom is -0.387 e. The Kier molecular flexibility index (Phi) is 4.21. The maximum Gasteiger partial charge on any atom is 0.128 e. The molecule has 1 rings (SSSR count). The van der Waals surface area contributed by atoms with Gasteiger partial charge in [-0.1, -0.05) is 0 Å². The van der Waals surface area contributed by atoms with Crippen molar-refractivity contribution in [1.82, 2.24) is 0 Å². The number of hydrogen-bond acceptors (Lipinski definition) is 8. The minimum absolute atomic E-state index is 0.190. The Morgan fingerprint density at radius 2 is 0.944 bits per heavy atom. The summed E-state index contributed by atoms with van der Waals surface area (Å²) in [5.41, 5.74) is -4.98. The highest BCUT2D eigenvalue weighted by Gasteiger charge is 2.63. The minimum atomic E-state index is -2.49. The summed E-state index contributed by atoms with van der Waals surface area (Å²) in [4.78, 5) is 20.8. The molecule has 0 aliphatic heterocycles. The van der Waals surface area contributed by atoms with Gasteiger partial charge in [0.05, 0.1) is 0 Å². The number of aliphatic hydroxyl groups excluding tert-OH is 4. The molecule has 0 radical (unpaired) electrons. The van der Waals surface area contributed by atoms with Crippen LogP contribution in [0.15, 0.2) is 0 Å². The summed E-state index contributed by atoms with van der Waals surface area (Å²) in [5.74, 6) is 0. The summed E-state index contributed by atoms with van der Waals surface area (Å²) in [7, 11) is 0. The molecule has 6 atom stereocenters. The fourth-order valence-electron chi connectivity index (χ4n) is 2.19. The molecule has 1 aliphatic carbocycles. The van der Waals surface area contributed by atoms with E-state index in [0.29, 0.717) is 0 Å². The largest absolute Gasteiger partial charge is 0.387 e. The van der Waals surface area contributed by atoms with Gasteiger partial charge in [0.25, 0.3) is 0 Å². The second-order valence-electron chi connectivity index (χ2n) is 4.50. The Morgan fingerprint density at radius 3 is 1.11 bits per heavy atom. The molecular formula is C10H16O8. The molecule has 8 heteroatoms. The SMILES string of the molecule is O=CCC1(O)[C@H](O)[C@@H](O)C(O)(CC=O)[C@@H](O)[C@@H]1O. The van der Waals surface area contributed by atoms with Crippen LogP contribution < -0.4 is 0 Å². The van der Waals surface area contributed by atoms with Crippen LogP contribution in [0.4, 0.5) is 0 Å². The molecule has 18 heavy (non-hydrogen) atoms. The number of carbonyl (C=O) groups excluding carboxylic acids is 2. The monoisotopic (exact) mass is 264 g/mol. The smallest absolute Gasteiger partial charge is 0.128 e. The van der Waals surface area contributed by atoms with Gasteiger partial charge in [-0.3, -0.25) is 0 Å². The molecule has 2 unspecified atom stereocenters. The quantitative estimate of drug-likeness (QED) is 0.281. The van der Waals surface area contributed by atoms with Crippen LogP contribution in [0.25, 0.3) is 0 Å². The molecule has 8 nitrogen and oxygen atoms in total. The van der Waals surface area contributed by atoms with E-state index in [1.54, 1.807) is 0 Å². The Bertz CT molecular complexity index is 282. The highest BCUT2D eigenvalue weighted by molar-refractivity contribution is 5.54. The first-order chi connectivity index (χ1) is 8.25. The fourth-order valence-corrected chi connectivity index (χ4v) is 2.19. The van der Waals surface area contributed by atoms with Crippen LogP contribution in [0.2, 0.25) is 0 Å². The Morgan fingerprint density at radius 1 is 0.722 bits per heavy atom. The zero-order valence-electron chi connectivity index (χ0n) is 9.38. The Hall–Kier alpha value is -0.900. The third-order valence-electron chi connectivity index (χ3n) is 3.47. The molecule has 104 valence electrons. The number of aliphatic hydroxyl groups is 6. The lowest BCUT2D eigenvalue weighted by molar-refractivity contribution is -0.300. The van der Waals surface area contributed by atoms with Gasteiger partial charge in [0.15, 0.2) is 0 Å². The average Bonchev–Trinajstić information content (AvgIpc) is 2.34. The molecule has 0 aromatic carbocycles. The predicted octanol–water partition coefficient (Wildman–Crippen LogP) is -3.92. The van der Waals surface area contributed by atoms with E-state index in [9.17, 15) is 40.2 Å². The van der Waals surface area contributed by atoms with Gasteiger partial charge in [-0.25, -0.2) is 0 Å². The zero-order valence-corrected chi connectivity index (χ0v) is 9.38. The standard InChI is InChI=1S/C10H16O8/c11-3-1-9(17)5(13)7(15)10(18,2-4-12)8(16)6(9)14/h3-8,13-18H,1-2H2/t5-,6+,7-,8+,9?,10?. The van der Waals surface area contributed by atoms with Crippen LogP contribution in [0, 0.1) is 0 Å². The number of aldehydes is 2. The normalized spacial score (nSPS) is 48.8. The van der Waals surface area contributed by atoms with Crippen molar-refractivity contribution in [2.24, 2.45) is 0 Å². The van der Waals surface area contributed by atoms with Crippen LogP contribution in [0.3, 0.4) is 0 Å². The molecule has 0 heterocycles. The van der Waals surface area contributed by atoms with E-state index in [2.05, 4.69) is 0 Å². The molecule has 0 aromatic heterocycles. The Labute approximate surface area is 102 Å². The highest BCUT2D eigenvalue weighted by atomic mass is 16.4. The molecule has 0 saturated heterocycles. The Balaban J connectivity index is 3.17. The molecule has 1 saturated carbocycles. The van der Waals surface area contributed by atoms with Crippen molar-refractivity contribution in [3.63, 3.8) is 0 Å². The number of carbonyl (C=O) groups is 2. The molecule has 1 aliphatic rings. The third-order valence-corrected chi connectivity index (χ3v) is 3.47. The van der Waals surface area contributed by atoms with Crippen molar-refractivity contribution in [2.45, 2.75) is 48.5 Å². The van der Waals surface area contributed by atoms with Gasteiger partial charge in [0.2, 0.25) is 0 Å². The molecule has 0 aromatic rings. The first-order valence-electron chi connectivity index (χ1n) is 5.30. The topological polar surface area (TPSA) is 156 Å². The van der Waals surface area contributed by atoms with E-state index in [4.69, 9.17) is 0 Å². The van der Waals surface area contributed by atoms with Crippen LogP contribution in [0.1, 0.15) is 12.8 Å². The maximum absolute atomic E-state index is 10.4. The van der Waals surface area contributed by atoms with E-state index in [-0.39, 0.29) is 12.6 Å². The van der Waals surface area contributed by atoms with Crippen molar-refractivity contribution < 1.29 is 40.2 Å². The van der Waals surface area contributed by atoms with Gasteiger partial charge in [-0.05, 0) is 0 Å².